The number of aryl methyl sites for hydroxylation is 2. The van der Waals surface area contributed by atoms with Crippen LogP contribution in [0.2, 0.25) is 0 Å². The van der Waals surface area contributed by atoms with Crippen molar-refractivity contribution in [3.63, 3.8) is 0 Å². The van der Waals surface area contributed by atoms with Gasteiger partial charge in [-0.25, -0.2) is 0 Å². The fourth-order valence-corrected chi connectivity index (χ4v) is 4.52. The van der Waals surface area contributed by atoms with E-state index in [4.69, 9.17) is 0 Å². The normalized spacial score (nSPS) is 14.7. The lowest BCUT2D eigenvalue weighted by molar-refractivity contribution is 0.628. The quantitative estimate of drug-likeness (QED) is 0.710. The number of benzene rings is 2. The highest BCUT2D eigenvalue weighted by Gasteiger charge is 2.43. The van der Waals surface area contributed by atoms with E-state index in [2.05, 4.69) is 74.5 Å². The standard InChI is InChI=1S/C25H22N2/c1-17-4-6-19-8-10-23(21(19)14-17)25(16-27,12-3-13-26)24-11-9-20-7-5-18(2)15-22(20)24/h4-7,10-11,14-15H,3,8-9,12H2,1-2H3. The molecule has 0 bridgehead atoms. The molecule has 2 aliphatic rings. The SMILES string of the molecule is Cc1ccc2c(c1)C(C(C#N)(CCC#N)C1=CCc3ccc(C)cc31)=CC2. The second-order valence-corrected chi connectivity index (χ2v) is 7.64. The molecule has 2 aromatic rings. The third-order valence-electron chi connectivity index (χ3n) is 5.89. The zero-order chi connectivity index (χ0) is 19.0. The van der Waals surface area contributed by atoms with Crippen LogP contribution in [0.15, 0.2) is 48.6 Å². The molecule has 0 N–H and O–H groups in total. The Balaban J connectivity index is 1.90. The van der Waals surface area contributed by atoms with Crippen molar-refractivity contribution in [2.24, 2.45) is 5.41 Å². The van der Waals surface area contributed by atoms with Crippen LogP contribution in [-0.4, -0.2) is 0 Å². The molecule has 0 spiro atoms. The number of nitrogens with zero attached hydrogens (tertiary/aromatic N) is 2. The van der Waals surface area contributed by atoms with Gasteiger partial charge in [0.25, 0.3) is 0 Å². The maximum Gasteiger partial charge on any atom is 0.109 e. The predicted molar refractivity (Wildman–Crippen MR) is 109 cm³/mol. The molecule has 0 atom stereocenters. The number of rotatable bonds is 4. The Bertz CT molecular complexity index is 1000. The highest BCUT2D eigenvalue weighted by molar-refractivity contribution is 5.94. The molecule has 27 heavy (non-hydrogen) atoms. The van der Waals surface area contributed by atoms with Gasteiger partial charge in [0.1, 0.15) is 5.41 Å². The summed E-state index contributed by atoms with van der Waals surface area (Å²) in [6.07, 6.45) is 7.02. The second kappa shape index (κ2) is 6.57. The Hall–Kier alpha value is -3.10. The first kappa shape index (κ1) is 17.3. The summed E-state index contributed by atoms with van der Waals surface area (Å²) in [5, 5.41) is 19.8. The minimum Gasteiger partial charge on any atom is -0.198 e. The Labute approximate surface area is 161 Å². The molecule has 0 radical (unpaired) electrons. The molecule has 0 heterocycles. The molecule has 132 valence electrons. The summed E-state index contributed by atoms with van der Waals surface area (Å²) < 4.78 is 0. The third kappa shape index (κ3) is 2.70. The van der Waals surface area contributed by atoms with Crippen LogP contribution in [0, 0.1) is 41.9 Å². The van der Waals surface area contributed by atoms with E-state index >= 15 is 0 Å². The zero-order valence-corrected chi connectivity index (χ0v) is 15.8. The Kier molecular flexibility index (Phi) is 4.21. The van der Waals surface area contributed by atoms with E-state index in [0.717, 1.165) is 24.0 Å². The molecule has 2 nitrogen and oxygen atoms in total. The largest absolute Gasteiger partial charge is 0.198 e. The van der Waals surface area contributed by atoms with Crippen molar-refractivity contribution < 1.29 is 0 Å². The van der Waals surface area contributed by atoms with Gasteiger partial charge < -0.3 is 0 Å². The van der Waals surface area contributed by atoms with Gasteiger partial charge in [0.15, 0.2) is 0 Å². The molecule has 2 aromatic carbocycles. The van der Waals surface area contributed by atoms with Crippen LogP contribution >= 0.6 is 0 Å². The fourth-order valence-electron chi connectivity index (χ4n) is 4.52. The number of hydrogen-bond donors (Lipinski definition) is 0. The summed E-state index contributed by atoms with van der Waals surface area (Å²) in [7, 11) is 0. The van der Waals surface area contributed by atoms with Crippen LogP contribution in [0.4, 0.5) is 0 Å². The average molecular weight is 350 g/mol. The predicted octanol–water partition coefficient (Wildman–Crippen LogP) is 5.70. The smallest absolute Gasteiger partial charge is 0.109 e. The molecule has 0 aromatic heterocycles. The molecule has 4 rings (SSSR count). The van der Waals surface area contributed by atoms with Gasteiger partial charge in [-0.2, -0.15) is 10.5 Å². The van der Waals surface area contributed by atoms with Crippen molar-refractivity contribution >= 4 is 11.1 Å². The minimum absolute atomic E-state index is 0.366. The van der Waals surface area contributed by atoms with Gasteiger partial charge >= 0.3 is 0 Å². The highest BCUT2D eigenvalue weighted by atomic mass is 14.5. The number of nitriles is 2. The lowest BCUT2D eigenvalue weighted by Gasteiger charge is -2.31. The van der Waals surface area contributed by atoms with Crippen LogP contribution in [0.25, 0.3) is 11.1 Å². The summed E-state index contributed by atoms with van der Waals surface area (Å²) in [5.41, 5.74) is 8.70. The van der Waals surface area contributed by atoms with Crippen molar-refractivity contribution in [3.05, 3.63) is 81.9 Å². The van der Waals surface area contributed by atoms with E-state index in [-0.39, 0.29) is 0 Å². The van der Waals surface area contributed by atoms with Crippen molar-refractivity contribution in [2.75, 3.05) is 0 Å². The first-order valence-corrected chi connectivity index (χ1v) is 9.48. The minimum atomic E-state index is -0.770. The van der Waals surface area contributed by atoms with Crippen molar-refractivity contribution in [1.82, 2.24) is 0 Å². The molecular weight excluding hydrogens is 328 g/mol. The van der Waals surface area contributed by atoms with Gasteiger partial charge in [-0.15, -0.1) is 0 Å². The van der Waals surface area contributed by atoms with Gasteiger partial charge in [-0.1, -0.05) is 59.7 Å². The maximum atomic E-state index is 10.5. The number of fused-ring (bicyclic) bond motifs is 2. The van der Waals surface area contributed by atoms with E-state index in [1.807, 2.05) is 0 Å². The van der Waals surface area contributed by atoms with Gasteiger partial charge in [0, 0.05) is 6.42 Å². The van der Waals surface area contributed by atoms with Crippen LogP contribution in [-0.2, 0) is 12.8 Å². The van der Waals surface area contributed by atoms with Gasteiger partial charge in [0.2, 0.25) is 0 Å². The molecule has 0 amide bonds. The summed E-state index contributed by atoms with van der Waals surface area (Å²) in [5.74, 6) is 0. The molecule has 0 aliphatic heterocycles. The Morgan fingerprint density at radius 1 is 0.852 bits per heavy atom. The Morgan fingerprint density at radius 2 is 1.37 bits per heavy atom. The molecule has 2 aliphatic carbocycles. The van der Waals surface area contributed by atoms with E-state index < -0.39 is 5.41 Å². The number of hydrogen-bond acceptors (Lipinski definition) is 2. The monoisotopic (exact) mass is 350 g/mol. The molecule has 0 fully saturated rings. The molecule has 0 saturated heterocycles. The average Bonchev–Trinajstić information content (AvgIpc) is 3.28. The summed E-state index contributed by atoms with van der Waals surface area (Å²) >= 11 is 0. The van der Waals surface area contributed by atoms with Crippen LogP contribution in [0.1, 0.15) is 46.2 Å². The maximum absolute atomic E-state index is 10.5. The highest BCUT2D eigenvalue weighted by Crippen LogP contribution is 2.54. The van der Waals surface area contributed by atoms with Crippen LogP contribution in [0.3, 0.4) is 0 Å². The van der Waals surface area contributed by atoms with Crippen LogP contribution < -0.4 is 0 Å². The van der Waals surface area contributed by atoms with Crippen LogP contribution in [0.5, 0.6) is 0 Å². The van der Waals surface area contributed by atoms with Gasteiger partial charge in [0.05, 0.1) is 12.1 Å². The second-order valence-electron chi connectivity index (χ2n) is 7.64. The first-order valence-electron chi connectivity index (χ1n) is 9.48. The van der Waals surface area contributed by atoms with E-state index in [9.17, 15) is 10.5 Å². The first-order chi connectivity index (χ1) is 13.1. The van der Waals surface area contributed by atoms with Gasteiger partial charge in [-0.05, 0) is 66.5 Å². The summed E-state index contributed by atoms with van der Waals surface area (Å²) in [6.45, 7) is 4.18. The Morgan fingerprint density at radius 3 is 1.81 bits per heavy atom. The molecule has 0 saturated carbocycles. The van der Waals surface area contributed by atoms with E-state index in [1.54, 1.807) is 0 Å². The molecular formula is C25H22N2. The molecule has 2 heteroatoms. The van der Waals surface area contributed by atoms with Crippen molar-refractivity contribution in [3.8, 4) is 12.1 Å². The van der Waals surface area contributed by atoms with Crippen molar-refractivity contribution in [1.29, 1.82) is 10.5 Å². The van der Waals surface area contributed by atoms with Crippen molar-refractivity contribution in [2.45, 2.75) is 39.5 Å². The number of allylic oxidation sites excluding steroid dienone is 4. The zero-order valence-electron chi connectivity index (χ0n) is 15.8. The lowest BCUT2D eigenvalue weighted by Crippen LogP contribution is -2.22. The topological polar surface area (TPSA) is 47.6 Å². The fraction of sp³-hybridized carbons (Fsp3) is 0.280. The molecule has 0 unspecified atom stereocenters. The summed E-state index contributed by atoms with van der Waals surface area (Å²) in [6, 6.07) is 17.9. The van der Waals surface area contributed by atoms with E-state index in [1.165, 1.54) is 33.4 Å². The van der Waals surface area contributed by atoms with E-state index in [0.29, 0.717) is 12.8 Å². The summed E-state index contributed by atoms with van der Waals surface area (Å²) in [4.78, 5) is 0. The van der Waals surface area contributed by atoms with Gasteiger partial charge in [-0.3, -0.25) is 0 Å². The third-order valence-corrected chi connectivity index (χ3v) is 5.89. The lowest BCUT2D eigenvalue weighted by atomic mass is 9.68.